The molecule has 0 saturated heterocycles. The van der Waals surface area contributed by atoms with Crippen molar-refractivity contribution in [3.05, 3.63) is 376 Å². The Morgan fingerprint density at radius 1 is 0.127 bits per heavy atom. The Bertz CT molecular complexity index is 7020. The lowest BCUT2D eigenvalue weighted by atomic mass is 9.95. The van der Waals surface area contributed by atoms with E-state index in [1.807, 2.05) is 0 Å². The van der Waals surface area contributed by atoms with E-state index < -0.39 is 0 Å². The molecule has 102 heavy (non-hydrogen) atoms. The highest BCUT2D eigenvalue weighted by atomic mass is 15.0. The number of nitrogens with zero attached hydrogens (tertiary/aromatic N) is 6. The number of hydrogen-bond donors (Lipinski definition) is 0. The third kappa shape index (κ3) is 8.66. The first-order valence-corrected chi connectivity index (χ1v) is 35.1. The quantitative estimate of drug-likeness (QED) is 0.145. The summed E-state index contributed by atoms with van der Waals surface area (Å²) >= 11 is 0. The first kappa shape index (κ1) is 57.4. The predicted molar refractivity (Wildman–Crippen MR) is 430 cm³/mol. The number of aromatic nitrogens is 6. The van der Waals surface area contributed by atoms with Crippen LogP contribution in [0.15, 0.2) is 376 Å². The molecule has 0 aliphatic carbocycles. The molecule has 6 heteroatoms. The van der Waals surface area contributed by atoms with Crippen LogP contribution in [0.1, 0.15) is 0 Å². The Morgan fingerprint density at radius 3 is 0.716 bits per heavy atom. The standard InChI is InChI=1S/2C48H31N3/c1-2-15-32(16-3-1)49-43-27-10-6-21-39(43)47-37(23-13-29-45(47)49)38-24-14-30-46-48(38)40-22-7-11-28-44(40)51(46)34-18-12-17-33(31-34)50-41-25-8-4-19-35(41)36-20-5-9-26-42(36)50;1-2-14-33(15-3-1)49-44-25-10-6-20-39(44)41-30-32(28-29-46(41)49)36-22-13-27-47-48(36)40-21-7-11-26-45(40)51(47)35-17-12-16-34(31-35)50-42-23-8-4-18-37(42)38-19-5-9-24-43(38)50/h2*1-31H. The van der Waals surface area contributed by atoms with Crippen LogP contribution in [-0.2, 0) is 0 Å². The molecule has 0 saturated carbocycles. The summed E-state index contributed by atoms with van der Waals surface area (Å²) in [6, 6.07) is 137. The summed E-state index contributed by atoms with van der Waals surface area (Å²) in [6.07, 6.45) is 0. The lowest BCUT2D eigenvalue weighted by molar-refractivity contribution is 1.13. The monoisotopic (exact) mass is 1300 g/mol. The lowest BCUT2D eigenvalue weighted by Gasteiger charge is -2.13. The molecule has 0 aliphatic rings. The van der Waals surface area contributed by atoms with Crippen molar-refractivity contribution in [1.82, 2.24) is 27.4 Å². The van der Waals surface area contributed by atoms with E-state index in [1.54, 1.807) is 0 Å². The van der Waals surface area contributed by atoms with Crippen LogP contribution in [0.4, 0.5) is 0 Å². The molecule has 6 aromatic heterocycles. The highest BCUT2D eigenvalue weighted by Crippen LogP contribution is 2.46. The number of rotatable bonds is 8. The van der Waals surface area contributed by atoms with Crippen molar-refractivity contribution in [3.8, 4) is 56.4 Å². The zero-order valence-electron chi connectivity index (χ0n) is 55.5. The van der Waals surface area contributed by atoms with Crippen molar-refractivity contribution >= 4 is 131 Å². The van der Waals surface area contributed by atoms with E-state index in [0.29, 0.717) is 0 Å². The van der Waals surface area contributed by atoms with Crippen LogP contribution in [0.3, 0.4) is 0 Å². The van der Waals surface area contributed by atoms with Gasteiger partial charge in [-0.15, -0.1) is 0 Å². The molecular formula is C96H62N6. The maximum Gasteiger partial charge on any atom is 0.0547 e. The average Bonchev–Trinajstić information content (AvgIpc) is 1.56. The molecule has 0 unspecified atom stereocenters. The molecule has 0 bridgehead atoms. The summed E-state index contributed by atoms with van der Waals surface area (Å²) in [5.41, 5.74) is 26.3. The fourth-order valence-electron chi connectivity index (χ4n) is 17.1. The maximum atomic E-state index is 2.44. The Balaban J connectivity index is 0.000000133. The van der Waals surface area contributed by atoms with Crippen molar-refractivity contribution in [3.63, 3.8) is 0 Å². The minimum Gasteiger partial charge on any atom is -0.309 e. The van der Waals surface area contributed by atoms with Crippen LogP contribution in [0.5, 0.6) is 0 Å². The first-order chi connectivity index (χ1) is 50.7. The lowest BCUT2D eigenvalue weighted by Crippen LogP contribution is -1.98. The van der Waals surface area contributed by atoms with Crippen LogP contribution in [-0.4, -0.2) is 27.4 Å². The summed E-state index contributed by atoms with van der Waals surface area (Å²) in [4.78, 5) is 0. The molecule has 476 valence electrons. The van der Waals surface area contributed by atoms with Gasteiger partial charge in [0.05, 0.1) is 66.2 Å². The van der Waals surface area contributed by atoms with Crippen LogP contribution >= 0.6 is 0 Å². The van der Waals surface area contributed by atoms with Gasteiger partial charge in [0.15, 0.2) is 0 Å². The average molecular weight is 1300 g/mol. The molecule has 16 aromatic carbocycles. The molecular weight excluding hydrogens is 1240 g/mol. The van der Waals surface area contributed by atoms with Crippen molar-refractivity contribution in [2.45, 2.75) is 0 Å². The Kier molecular flexibility index (Phi) is 12.9. The zero-order chi connectivity index (χ0) is 66.9. The third-order valence-electron chi connectivity index (χ3n) is 21.2. The van der Waals surface area contributed by atoms with Gasteiger partial charge in [0.25, 0.3) is 0 Å². The molecule has 0 aliphatic heterocycles. The van der Waals surface area contributed by atoms with E-state index in [0.717, 1.165) is 22.7 Å². The van der Waals surface area contributed by atoms with E-state index in [-0.39, 0.29) is 0 Å². The summed E-state index contributed by atoms with van der Waals surface area (Å²) in [5, 5.41) is 15.1. The molecule has 22 rings (SSSR count). The van der Waals surface area contributed by atoms with Crippen LogP contribution in [0.25, 0.3) is 187 Å². The second-order valence-corrected chi connectivity index (χ2v) is 26.7. The predicted octanol–water partition coefficient (Wildman–Crippen LogP) is 25.3. The van der Waals surface area contributed by atoms with Crippen molar-refractivity contribution < 1.29 is 0 Å². The van der Waals surface area contributed by atoms with Gasteiger partial charge in [0.1, 0.15) is 0 Å². The summed E-state index contributed by atoms with van der Waals surface area (Å²) < 4.78 is 14.5. The van der Waals surface area contributed by atoms with Crippen LogP contribution in [0, 0.1) is 0 Å². The van der Waals surface area contributed by atoms with E-state index in [9.17, 15) is 0 Å². The number of fused-ring (bicyclic) bond motifs is 18. The topological polar surface area (TPSA) is 29.6 Å². The van der Waals surface area contributed by atoms with Crippen LogP contribution in [0.2, 0.25) is 0 Å². The van der Waals surface area contributed by atoms with E-state index in [1.165, 1.54) is 164 Å². The van der Waals surface area contributed by atoms with Crippen molar-refractivity contribution in [2.24, 2.45) is 0 Å². The Labute approximate surface area is 587 Å². The summed E-state index contributed by atoms with van der Waals surface area (Å²) in [6.45, 7) is 0. The van der Waals surface area contributed by atoms with Gasteiger partial charge >= 0.3 is 0 Å². The van der Waals surface area contributed by atoms with Gasteiger partial charge in [0.2, 0.25) is 0 Å². The van der Waals surface area contributed by atoms with E-state index >= 15 is 0 Å². The zero-order valence-corrected chi connectivity index (χ0v) is 55.5. The van der Waals surface area contributed by atoms with Gasteiger partial charge < -0.3 is 27.4 Å². The maximum absolute atomic E-state index is 2.44. The molecule has 22 aromatic rings. The number of para-hydroxylation sites is 10. The van der Waals surface area contributed by atoms with Gasteiger partial charge in [-0.25, -0.2) is 0 Å². The second kappa shape index (κ2) is 23.0. The van der Waals surface area contributed by atoms with Gasteiger partial charge in [-0.2, -0.15) is 0 Å². The Morgan fingerprint density at radius 2 is 0.353 bits per heavy atom. The second-order valence-electron chi connectivity index (χ2n) is 26.7. The molecule has 0 fully saturated rings. The minimum atomic E-state index is 1.14. The van der Waals surface area contributed by atoms with Gasteiger partial charge in [0, 0.05) is 98.8 Å². The van der Waals surface area contributed by atoms with Crippen LogP contribution < -0.4 is 0 Å². The molecule has 0 radical (unpaired) electrons. The minimum absolute atomic E-state index is 1.14. The smallest absolute Gasteiger partial charge is 0.0547 e. The number of hydrogen-bond acceptors (Lipinski definition) is 0. The van der Waals surface area contributed by atoms with E-state index in [4.69, 9.17) is 0 Å². The van der Waals surface area contributed by atoms with Gasteiger partial charge in [-0.3, -0.25) is 0 Å². The summed E-state index contributed by atoms with van der Waals surface area (Å²) in [7, 11) is 0. The highest BCUT2D eigenvalue weighted by Gasteiger charge is 2.24. The Hall–Kier alpha value is -13.7. The fraction of sp³-hybridized carbons (Fsp3) is 0. The van der Waals surface area contributed by atoms with Gasteiger partial charge in [-0.05, 0) is 162 Å². The molecule has 0 atom stereocenters. The molecule has 0 amide bonds. The SMILES string of the molecule is c1ccc(-n2c3ccccc3c3c(-c4cccc5c4c4ccccc4n5-c4cccc(-n5c6ccccc6c6ccccc65)c4)cccc32)cc1.c1ccc(-n2c3ccccc3c3cc(-c4cccc5c4c4ccccc4n5-c4cccc(-n5c6ccccc6c6ccccc65)c4)ccc32)cc1. The molecule has 0 N–H and O–H groups in total. The number of benzene rings is 16. The fourth-order valence-corrected chi connectivity index (χ4v) is 17.1. The summed E-state index contributed by atoms with van der Waals surface area (Å²) in [5.74, 6) is 0. The van der Waals surface area contributed by atoms with Gasteiger partial charge in [-0.1, -0.05) is 237 Å². The largest absolute Gasteiger partial charge is 0.309 e. The molecule has 6 heterocycles. The third-order valence-corrected chi connectivity index (χ3v) is 21.2. The van der Waals surface area contributed by atoms with E-state index in [2.05, 4.69) is 404 Å². The molecule has 0 spiro atoms. The van der Waals surface area contributed by atoms with Crippen molar-refractivity contribution in [1.29, 1.82) is 0 Å². The highest BCUT2D eigenvalue weighted by molar-refractivity contribution is 6.23. The van der Waals surface area contributed by atoms with Crippen molar-refractivity contribution in [2.75, 3.05) is 0 Å². The first-order valence-electron chi connectivity index (χ1n) is 35.1. The normalized spacial score (nSPS) is 11.9. The molecule has 6 nitrogen and oxygen atoms in total.